The largest absolute Gasteiger partial charge is 0.481 e. The molecule has 1 fully saturated rings. The molecule has 0 saturated heterocycles. The van der Waals surface area contributed by atoms with Crippen LogP contribution in [0.3, 0.4) is 0 Å². The predicted molar refractivity (Wildman–Crippen MR) is 70.0 cm³/mol. The number of hydrogen-bond donors (Lipinski definition) is 1. The van der Waals surface area contributed by atoms with Gasteiger partial charge in [0.15, 0.2) is 0 Å². The molecule has 1 aromatic heterocycles. The van der Waals surface area contributed by atoms with Crippen molar-refractivity contribution in [2.75, 3.05) is 11.4 Å². The van der Waals surface area contributed by atoms with E-state index in [1.165, 1.54) is 0 Å². The van der Waals surface area contributed by atoms with Crippen molar-refractivity contribution in [1.82, 2.24) is 15.2 Å². The third-order valence-electron chi connectivity index (χ3n) is 3.16. The Bertz CT molecular complexity index is 612. The van der Waals surface area contributed by atoms with Gasteiger partial charge in [0.05, 0.1) is 11.9 Å². The molecule has 1 aliphatic rings. The lowest BCUT2D eigenvalue weighted by Gasteiger charge is -2.20. The van der Waals surface area contributed by atoms with E-state index in [-0.39, 0.29) is 6.42 Å². The molecule has 0 radical (unpaired) electrons. The first-order chi connectivity index (χ1) is 9.24. The second-order valence-corrected chi connectivity index (χ2v) is 4.67. The highest BCUT2D eigenvalue weighted by molar-refractivity contribution is 5.74. The Kier molecular flexibility index (Phi) is 2.98. The Morgan fingerprint density at radius 2 is 2.00 bits per heavy atom. The zero-order valence-electron chi connectivity index (χ0n) is 10.4. The predicted octanol–water partition coefficient (Wildman–Crippen LogP) is 1.47. The van der Waals surface area contributed by atoms with Gasteiger partial charge in [-0.2, -0.15) is 0 Å². The van der Waals surface area contributed by atoms with Crippen molar-refractivity contribution in [2.45, 2.75) is 25.3 Å². The molecule has 1 heterocycles. The first kappa shape index (κ1) is 11.8. The average molecular weight is 258 g/mol. The number of nitrogens with zero attached hydrogens (tertiary/aromatic N) is 4. The van der Waals surface area contributed by atoms with Crippen molar-refractivity contribution in [2.24, 2.45) is 0 Å². The molecule has 3 rings (SSSR count). The Hall–Kier alpha value is -2.24. The molecular formula is C13H14N4O2. The quantitative estimate of drug-likeness (QED) is 0.874. The summed E-state index contributed by atoms with van der Waals surface area (Å²) in [6.45, 7) is 0.431. The fourth-order valence-electron chi connectivity index (χ4n) is 2.04. The molecule has 0 spiro atoms. The van der Waals surface area contributed by atoms with Gasteiger partial charge in [-0.1, -0.05) is 12.1 Å². The van der Waals surface area contributed by atoms with Gasteiger partial charge in [0.25, 0.3) is 0 Å². The van der Waals surface area contributed by atoms with Gasteiger partial charge in [-0.25, -0.2) is 4.98 Å². The first-order valence-electron chi connectivity index (χ1n) is 6.32. The van der Waals surface area contributed by atoms with Crippen molar-refractivity contribution in [3.05, 3.63) is 24.3 Å². The highest BCUT2D eigenvalue weighted by Crippen LogP contribution is 2.30. The lowest BCUT2D eigenvalue weighted by Crippen LogP contribution is -2.30. The zero-order valence-corrected chi connectivity index (χ0v) is 10.4. The van der Waals surface area contributed by atoms with Crippen LogP contribution in [0.15, 0.2) is 24.3 Å². The van der Waals surface area contributed by atoms with Crippen LogP contribution in [-0.2, 0) is 4.79 Å². The Morgan fingerprint density at radius 3 is 2.68 bits per heavy atom. The summed E-state index contributed by atoms with van der Waals surface area (Å²) in [5, 5.41) is 17.1. The molecule has 98 valence electrons. The molecule has 0 amide bonds. The molecule has 0 atom stereocenters. The number of carbonyl (C=O) groups is 1. The van der Waals surface area contributed by atoms with Crippen LogP contribution in [0.25, 0.3) is 11.0 Å². The number of benzene rings is 1. The van der Waals surface area contributed by atoms with Gasteiger partial charge < -0.3 is 10.0 Å². The number of anilines is 1. The molecule has 1 saturated carbocycles. The normalized spacial score (nSPS) is 14.5. The smallest absolute Gasteiger partial charge is 0.305 e. The molecule has 1 aliphatic carbocycles. The number of para-hydroxylation sites is 1. The molecule has 1 N–H and O–H groups in total. The van der Waals surface area contributed by atoms with E-state index in [0.29, 0.717) is 18.5 Å². The SMILES string of the molecule is O=C(O)CCN(c1nnc2ccccc2n1)C1CC1. The fraction of sp³-hybridized carbons (Fsp3) is 0.385. The number of carboxylic acid groups (broad SMARTS) is 1. The van der Waals surface area contributed by atoms with Crippen molar-refractivity contribution < 1.29 is 9.90 Å². The number of aromatic nitrogens is 3. The van der Waals surface area contributed by atoms with Crippen LogP contribution >= 0.6 is 0 Å². The number of carboxylic acids is 1. The lowest BCUT2D eigenvalue weighted by molar-refractivity contribution is -0.136. The van der Waals surface area contributed by atoms with E-state index in [9.17, 15) is 4.79 Å². The Balaban J connectivity index is 1.88. The Labute approximate surface area is 110 Å². The van der Waals surface area contributed by atoms with E-state index in [0.717, 1.165) is 23.9 Å². The number of fused-ring (bicyclic) bond motifs is 1. The summed E-state index contributed by atoms with van der Waals surface area (Å²) in [7, 11) is 0. The van der Waals surface area contributed by atoms with E-state index in [1.54, 1.807) is 0 Å². The molecule has 6 heteroatoms. The molecule has 6 nitrogen and oxygen atoms in total. The minimum atomic E-state index is -0.806. The number of hydrogen-bond acceptors (Lipinski definition) is 5. The van der Waals surface area contributed by atoms with Crippen LogP contribution in [-0.4, -0.2) is 38.8 Å². The summed E-state index contributed by atoms with van der Waals surface area (Å²) in [6, 6.07) is 7.90. The summed E-state index contributed by atoms with van der Waals surface area (Å²) in [6.07, 6.45) is 2.22. The summed E-state index contributed by atoms with van der Waals surface area (Å²) in [5.41, 5.74) is 1.54. The fourth-order valence-corrected chi connectivity index (χ4v) is 2.04. The summed E-state index contributed by atoms with van der Waals surface area (Å²) >= 11 is 0. The number of rotatable bonds is 5. The van der Waals surface area contributed by atoms with Gasteiger partial charge in [-0.15, -0.1) is 10.2 Å². The topological polar surface area (TPSA) is 79.2 Å². The van der Waals surface area contributed by atoms with E-state index in [2.05, 4.69) is 15.2 Å². The van der Waals surface area contributed by atoms with Crippen molar-refractivity contribution in [3.8, 4) is 0 Å². The van der Waals surface area contributed by atoms with E-state index < -0.39 is 5.97 Å². The third kappa shape index (κ3) is 2.62. The Morgan fingerprint density at radius 1 is 1.26 bits per heavy atom. The molecule has 2 aromatic rings. The highest BCUT2D eigenvalue weighted by atomic mass is 16.4. The van der Waals surface area contributed by atoms with E-state index in [1.807, 2.05) is 29.2 Å². The summed E-state index contributed by atoms with van der Waals surface area (Å²) in [4.78, 5) is 17.1. The molecular weight excluding hydrogens is 244 g/mol. The van der Waals surface area contributed by atoms with Gasteiger partial charge in [-0.05, 0) is 25.0 Å². The van der Waals surface area contributed by atoms with Gasteiger partial charge in [-0.3, -0.25) is 4.79 Å². The first-order valence-corrected chi connectivity index (χ1v) is 6.32. The van der Waals surface area contributed by atoms with Crippen LogP contribution in [0.5, 0.6) is 0 Å². The minimum absolute atomic E-state index is 0.0900. The highest BCUT2D eigenvalue weighted by Gasteiger charge is 2.31. The minimum Gasteiger partial charge on any atom is -0.481 e. The van der Waals surface area contributed by atoms with Crippen molar-refractivity contribution in [3.63, 3.8) is 0 Å². The second kappa shape index (κ2) is 4.79. The third-order valence-corrected chi connectivity index (χ3v) is 3.16. The second-order valence-electron chi connectivity index (χ2n) is 4.67. The average Bonchev–Trinajstić information content (AvgIpc) is 3.23. The summed E-state index contributed by atoms with van der Waals surface area (Å²) < 4.78 is 0. The molecule has 0 aliphatic heterocycles. The lowest BCUT2D eigenvalue weighted by atomic mass is 10.3. The molecule has 19 heavy (non-hydrogen) atoms. The summed E-state index contributed by atoms with van der Waals surface area (Å²) in [5.74, 6) is -0.276. The molecule has 0 bridgehead atoms. The van der Waals surface area contributed by atoms with Gasteiger partial charge in [0.2, 0.25) is 5.95 Å². The van der Waals surface area contributed by atoms with Crippen LogP contribution in [0.2, 0.25) is 0 Å². The van der Waals surface area contributed by atoms with Crippen LogP contribution < -0.4 is 4.90 Å². The van der Waals surface area contributed by atoms with Crippen molar-refractivity contribution >= 4 is 23.0 Å². The van der Waals surface area contributed by atoms with E-state index >= 15 is 0 Å². The van der Waals surface area contributed by atoms with Crippen LogP contribution in [0.1, 0.15) is 19.3 Å². The maximum Gasteiger partial charge on any atom is 0.305 e. The van der Waals surface area contributed by atoms with Gasteiger partial charge >= 0.3 is 5.97 Å². The van der Waals surface area contributed by atoms with Crippen molar-refractivity contribution in [1.29, 1.82) is 0 Å². The molecule has 1 aromatic carbocycles. The van der Waals surface area contributed by atoms with E-state index in [4.69, 9.17) is 5.11 Å². The number of aliphatic carboxylic acids is 1. The zero-order chi connectivity index (χ0) is 13.2. The van der Waals surface area contributed by atoms with Gasteiger partial charge in [0.1, 0.15) is 5.52 Å². The maximum atomic E-state index is 10.7. The van der Waals surface area contributed by atoms with Crippen LogP contribution in [0, 0.1) is 0 Å². The monoisotopic (exact) mass is 258 g/mol. The maximum absolute atomic E-state index is 10.7. The standard InChI is InChI=1S/C13H14N4O2/c18-12(19)7-8-17(9-5-6-9)13-14-10-3-1-2-4-11(10)15-16-13/h1-4,9H,5-8H2,(H,18,19). The molecule has 0 unspecified atom stereocenters. The van der Waals surface area contributed by atoms with Crippen LogP contribution in [0.4, 0.5) is 5.95 Å². The van der Waals surface area contributed by atoms with Gasteiger partial charge in [0, 0.05) is 12.6 Å².